The maximum Gasteiger partial charge on any atom is 0.253 e. The van der Waals surface area contributed by atoms with Gasteiger partial charge in [-0.05, 0) is 72.2 Å². The number of nitrogens with zero attached hydrogens (tertiary/aromatic N) is 2. The number of guanidine groups is 1. The Kier molecular flexibility index (Phi) is 17.8. The Bertz CT molecular complexity index is 1900. The normalized spacial score (nSPS) is 13.2. The molecule has 3 aromatic rings. The first-order chi connectivity index (χ1) is 27.0. The van der Waals surface area contributed by atoms with Gasteiger partial charge in [-0.2, -0.15) is 0 Å². The zero-order valence-electron chi connectivity index (χ0n) is 32.1. The number of amides is 6. The van der Waals surface area contributed by atoms with E-state index in [0.717, 1.165) is 17.9 Å². The second-order valence-electron chi connectivity index (χ2n) is 13.8. The van der Waals surface area contributed by atoms with Gasteiger partial charge >= 0.3 is 0 Å². The van der Waals surface area contributed by atoms with E-state index in [9.17, 15) is 33.2 Å². The molecule has 0 radical (unpaired) electrons. The standard InChI is InChI=1S/C41H50ClFN8O6/c1-25(2)22-33(38(55)48-32(37(44)54)10-7-21-47-41(45)46)49-39(56)34(23-28-11-16-30(42)17-12-28)50-40(57)35(24-29-13-18-31(43)19-14-29)51(26(3)52)36(53)20-15-27-8-5-4-6-9-27/h4-6,8-9,11-20,25,32-35H,7,10,21-24H2,1-3H3,(H2,44,54)(H,48,55)(H,49,56)(H,50,57)(H4,45,46,47)/b20-15+/t32-,33-,34-,35-/m0/s1. The van der Waals surface area contributed by atoms with Crippen LogP contribution in [0.2, 0.25) is 5.02 Å². The number of hydrogen-bond donors (Lipinski definition) is 6. The monoisotopic (exact) mass is 804 g/mol. The molecule has 57 heavy (non-hydrogen) atoms. The lowest BCUT2D eigenvalue weighted by atomic mass is 9.99. The number of halogens is 2. The van der Waals surface area contributed by atoms with Crippen molar-refractivity contribution in [2.24, 2.45) is 28.1 Å². The molecule has 0 aliphatic carbocycles. The molecular formula is C41H50ClFN8O6. The van der Waals surface area contributed by atoms with Gasteiger partial charge in [0.25, 0.3) is 5.91 Å². The van der Waals surface area contributed by atoms with Crippen molar-refractivity contribution in [3.8, 4) is 0 Å². The Morgan fingerprint density at radius 2 is 1.33 bits per heavy atom. The molecule has 3 rings (SSSR count). The van der Waals surface area contributed by atoms with Crippen LogP contribution in [-0.4, -0.2) is 77.0 Å². The van der Waals surface area contributed by atoms with E-state index in [0.29, 0.717) is 28.1 Å². The van der Waals surface area contributed by atoms with E-state index in [-0.39, 0.29) is 44.1 Å². The molecule has 0 aliphatic rings. The number of hydrogen-bond acceptors (Lipinski definition) is 7. The molecule has 0 aliphatic heterocycles. The number of benzene rings is 3. The molecule has 16 heteroatoms. The second kappa shape index (κ2) is 22.5. The van der Waals surface area contributed by atoms with Crippen LogP contribution in [0.4, 0.5) is 4.39 Å². The van der Waals surface area contributed by atoms with E-state index in [1.165, 1.54) is 30.3 Å². The Morgan fingerprint density at radius 3 is 1.91 bits per heavy atom. The van der Waals surface area contributed by atoms with Crippen molar-refractivity contribution in [3.05, 3.63) is 112 Å². The maximum absolute atomic E-state index is 14.4. The van der Waals surface area contributed by atoms with E-state index >= 15 is 0 Å². The second-order valence-corrected chi connectivity index (χ2v) is 14.2. The van der Waals surface area contributed by atoms with E-state index < -0.39 is 65.4 Å². The van der Waals surface area contributed by atoms with Crippen LogP contribution in [0.3, 0.4) is 0 Å². The van der Waals surface area contributed by atoms with Gasteiger partial charge < -0.3 is 33.2 Å². The Balaban J connectivity index is 1.98. The number of carbonyl (C=O) groups is 6. The van der Waals surface area contributed by atoms with Crippen LogP contribution in [0.5, 0.6) is 0 Å². The van der Waals surface area contributed by atoms with Crippen LogP contribution in [-0.2, 0) is 41.6 Å². The minimum Gasteiger partial charge on any atom is -0.370 e. The summed E-state index contributed by atoms with van der Waals surface area (Å²) in [6.45, 7) is 4.99. The molecule has 0 unspecified atom stereocenters. The van der Waals surface area contributed by atoms with Crippen molar-refractivity contribution in [3.63, 3.8) is 0 Å². The molecule has 9 N–H and O–H groups in total. The van der Waals surface area contributed by atoms with Gasteiger partial charge in [-0.15, -0.1) is 0 Å². The molecular weight excluding hydrogens is 755 g/mol. The largest absolute Gasteiger partial charge is 0.370 e. The third-order valence-corrected chi connectivity index (χ3v) is 8.93. The smallest absolute Gasteiger partial charge is 0.253 e. The summed E-state index contributed by atoms with van der Waals surface area (Å²) >= 11 is 6.11. The molecule has 0 aromatic heterocycles. The number of aliphatic imine (C=N–C) groups is 1. The highest BCUT2D eigenvalue weighted by molar-refractivity contribution is 6.30. The van der Waals surface area contributed by atoms with Crippen molar-refractivity contribution in [1.82, 2.24) is 20.9 Å². The number of carbonyl (C=O) groups excluding carboxylic acids is 6. The highest BCUT2D eigenvalue weighted by atomic mass is 35.5. The quantitative estimate of drug-likeness (QED) is 0.0429. The molecule has 0 saturated carbocycles. The van der Waals surface area contributed by atoms with Crippen LogP contribution < -0.4 is 33.2 Å². The zero-order valence-corrected chi connectivity index (χ0v) is 32.9. The fraction of sp³-hybridized carbons (Fsp3) is 0.341. The van der Waals surface area contributed by atoms with E-state index in [1.54, 1.807) is 54.6 Å². The predicted octanol–water partition coefficient (Wildman–Crippen LogP) is 2.76. The molecule has 14 nitrogen and oxygen atoms in total. The highest BCUT2D eigenvalue weighted by Gasteiger charge is 2.36. The first-order valence-electron chi connectivity index (χ1n) is 18.4. The van der Waals surface area contributed by atoms with Gasteiger partial charge in [0.1, 0.15) is 30.0 Å². The predicted molar refractivity (Wildman–Crippen MR) is 216 cm³/mol. The topological polar surface area (TPSA) is 232 Å². The average Bonchev–Trinajstić information content (AvgIpc) is 3.15. The summed E-state index contributed by atoms with van der Waals surface area (Å²) in [6.07, 6.45) is 2.93. The van der Waals surface area contributed by atoms with Crippen molar-refractivity contribution in [2.45, 2.75) is 77.0 Å². The number of rotatable bonds is 20. The van der Waals surface area contributed by atoms with Crippen molar-refractivity contribution < 1.29 is 33.2 Å². The molecule has 0 fully saturated rings. The lowest BCUT2D eigenvalue weighted by Gasteiger charge is -2.30. The lowest BCUT2D eigenvalue weighted by Crippen LogP contribution is -2.59. The molecule has 0 heterocycles. The minimum atomic E-state index is -1.49. The van der Waals surface area contributed by atoms with Gasteiger partial charge in [0.2, 0.25) is 29.5 Å². The van der Waals surface area contributed by atoms with Crippen LogP contribution >= 0.6 is 11.6 Å². The molecule has 6 amide bonds. The first kappa shape index (κ1) is 45.3. The van der Waals surface area contributed by atoms with Crippen molar-refractivity contribution in [1.29, 1.82) is 0 Å². The third-order valence-electron chi connectivity index (χ3n) is 8.68. The summed E-state index contributed by atoms with van der Waals surface area (Å²) in [6, 6.07) is 15.5. The number of nitrogens with two attached hydrogens (primary N) is 3. The third kappa shape index (κ3) is 15.5. The Labute approximate surface area is 336 Å². The summed E-state index contributed by atoms with van der Waals surface area (Å²) in [7, 11) is 0. The number of imide groups is 1. The Morgan fingerprint density at radius 1 is 0.772 bits per heavy atom. The van der Waals surface area contributed by atoms with Crippen LogP contribution in [0.25, 0.3) is 6.08 Å². The van der Waals surface area contributed by atoms with Gasteiger partial charge in [0, 0.05) is 37.4 Å². The van der Waals surface area contributed by atoms with Gasteiger partial charge in [-0.1, -0.05) is 80.0 Å². The molecule has 0 spiro atoms. The molecule has 0 saturated heterocycles. The maximum atomic E-state index is 14.4. The summed E-state index contributed by atoms with van der Waals surface area (Å²) in [4.78, 5) is 85.9. The first-order valence-corrected chi connectivity index (χ1v) is 18.7. The summed E-state index contributed by atoms with van der Waals surface area (Å²) < 4.78 is 13.9. The van der Waals surface area contributed by atoms with Gasteiger partial charge in [0.05, 0.1) is 0 Å². The van der Waals surface area contributed by atoms with Gasteiger partial charge in [-0.3, -0.25) is 38.7 Å². The molecule has 304 valence electrons. The Hall–Kier alpha value is -6.09. The summed E-state index contributed by atoms with van der Waals surface area (Å²) in [5.41, 5.74) is 18.0. The zero-order chi connectivity index (χ0) is 42.1. The SMILES string of the molecule is CC(=O)N(C(=O)/C=C/c1ccccc1)[C@@H](Cc1ccc(F)cc1)C(=O)N[C@@H](Cc1ccc(Cl)cc1)C(=O)N[C@@H](CC(C)C)C(=O)N[C@@H](CCCN=C(N)N)C(N)=O. The molecule has 3 aromatic carbocycles. The summed E-state index contributed by atoms with van der Waals surface area (Å²) in [5.74, 6) is -5.46. The lowest BCUT2D eigenvalue weighted by molar-refractivity contribution is -0.148. The highest BCUT2D eigenvalue weighted by Crippen LogP contribution is 2.16. The van der Waals surface area contributed by atoms with E-state index in [2.05, 4.69) is 20.9 Å². The van der Waals surface area contributed by atoms with Crippen molar-refractivity contribution in [2.75, 3.05) is 6.54 Å². The fourth-order valence-electron chi connectivity index (χ4n) is 5.86. The summed E-state index contributed by atoms with van der Waals surface area (Å²) in [5, 5.41) is 8.47. The van der Waals surface area contributed by atoms with Crippen LogP contribution in [0, 0.1) is 11.7 Å². The van der Waals surface area contributed by atoms with E-state index in [1.807, 2.05) is 13.8 Å². The number of nitrogens with one attached hydrogen (secondary N) is 3. The van der Waals surface area contributed by atoms with Crippen LogP contribution in [0.1, 0.15) is 56.7 Å². The average molecular weight is 805 g/mol. The fourth-order valence-corrected chi connectivity index (χ4v) is 5.98. The van der Waals surface area contributed by atoms with Crippen LogP contribution in [0.15, 0.2) is 89.9 Å². The minimum absolute atomic E-state index is 0.0926. The van der Waals surface area contributed by atoms with Gasteiger partial charge in [0.15, 0.2) is 5.96 Å². The van der Waals surface area contributed by atoms with Crippen molar-refractivity contribution >= 4 is 59.1 Å². The van der Waals surface area contributed by atoms with Gasteiger partial charge in [-0.25, -0.2) is 4.39 Å². The van der Waals surface area contributed by atoms with E-state index in [4.69, 9.17) is 28.8 Å². The number of primary amides is 1. The molecule has 0 bridgehead atoms. The molecule has 4 atom stereocenters.